The maximum Gasteiger partial charge on any atom is 0.491 e. The van der Waals surface area contributed by atoms with Crippen LogP contribution in [0.4, 0.5) is 11.4 Å². The molecule has 0 spiro atoms. The number of rotatable bonds is 8. The van der Waals surface area contributed by atoms with Crippen molar-refractivity contribution in [3.63, 3.8) is 0 Å². The number of anilines is 2. The highest BCUT2D eigenvalue weighted by molar-refractivity contribution is 6.61. The molecular formula is C34H38BN5O11. The van der Waals surface area contributed by atoms with Crippen molar-refractivity contribution in [2.75, 3.05) is 45.0 Å². The van der Waals surface area contributed by atoms with E-state index in [1.165, 1.54) is 31.1 Å². The Morgan fingerprint density at radius 3 is 2.45 bits per heavy atom. The van der Waals surface area contributed by atoms with E-state index in [1.807, 2.05) is 0 Å². The number of amides is 3. The Morgan fingerprint density at radius 2 is 1.80 bits per heavy atom. The lowest BCUT2D eigenvalue weighted by molar-refractivity contribution is -0.153. The third-order valence-corrected chi connectivity index (χ3v) is 10.2. The quantitative estimate of drug-likeness (QED) is 0.0935. The zero-order chi connectivity index (χ0) is 37.3. The van der Waals surface area contributed by atoms with Crippen molar-refractivity contribution in [3.8, 4) is 5.75 Å². The third-order valence-electron chi connectivity index (χ3n) is 10.2. The number of aromatic hydroxyl groups is 1. The van der Waals surface area contributed by atoms with E-state index in [0.717, 1.165) is 0 Å². The van der Waals surface area contributed by atoms with Crippen molar-refractivity contribution in [1.82, 2.24) is 10.2 Å². The van der Waals surface area contributed by atoms with Crippen LogP contribution in [-0.2, 0) is 36.9 Å². The highest BCUT2D eigenvalue weighted by atomic mass is 16.5. The number of ketones is 2. The second-order valence-electron chi connectivity index (χ2n) is 13.6. The molecule has 1 heterocycles. The number of aliphatic hydroxyl groups excluding tert-OH is 2. The van der Waals surface area contributed by atoms with Gasteiger partial charge >= 0.3 is 7.12 Å². The first kappa shape index (κ1) is 35.6. The summed E-state index contributed by atoms with van der Waals surface area (Å²) in [4.78, 5) is 68.6. The van der Waals surface area contributed by atoms with Crippen LogP contribution in [0.25, 0.3) is 5.76 Å². The van der Waals surface area contributed by atoms with Crippen LogP contribution in [0.3, 0.4) is 0 Å². The number of carbonyl (C=O) groups excluding carboxylic acids is 5. The molecule has 3 amide bonds. The average molecular weight is 704 g/mol. The van der Waals surface area contributed by atoms with Crippen molar-refractivity contribution in [3.05, 3.63) is 63.4 Å². The van der Waals surface area contributed by atoms with Crippen LogP contribution in [0.15, 0.2) is 41.2 Å². The van der Waals surface area contributed by atoms with Gasteiger partial charge in [0.25, 0.3) is 11.8 Å². The predicted octanol–water partition coefficient (Wildman–Crippen LogP) is -0.994. The molecular weight excluding hydrogens is 665 g/mol. The Morgan fingerprint density at radius 1 is 1.10 bits per heavy atom. The molecule has 4 aliphatic rings. The number of likely N-dealkylation sites (N-methyl/N-ethyl adjacent to an activating group) is 1. The van der Waals surface area contributed by atoms with Crippen LogP contribution in [-0.4, -0.2) is 113 Å². The predicted molar refractivity (Wildman–Crippen MR) is 183 cm³/mol. The summed E-state index contributed by atoms with van der Waals surface area (Å²) in [5, 5.41) is 61.1. The number of hydrogen-bond acceptors (Lipinski definition) is 13. The van der Waals surface area contributed by atoms with Gasteiger partial charge in [-0.15, -0.1) is 0 Å². The van der Waals surface area contributed by atoms with Crippen LogP contribution in [0.1, 0.15) is 39.9 Å². The van der Waals surface area contributed by atoms with Gasteiger partial charge in [-0.3, -0.25) is 28.9 Å². The first-order valence-electron chi connectivity index (χ1n) is 16.2. The molecule has 6 rings (SSSR count). The van der Waals surface area contributed by atoms with Gasteiger partial charge < -0.3 is 51.4 Å². The molecule has 1 saturated carbocycles. The largest absolute Gasteiger partial charge is 0.508 e. The van der Waals surface area contributed by atoms with Gasteiger partial charge in [0.05, 0.1) is 23.9 Å². The summed E-state index contributed by atoms with van der Waals surface area (Å²) in [6.07, 6.45) is -0.192. The van der Waals surface area contributed by atoms with Crippen molar-refractivity contribution < 1.29 is 54.1 Å². The number of Topliss-reactive ketones (excluding diaryl/α,β-unsaturated/α-hetero) is 2. The molecule has 0 radical (unpaired) electrons. The monoisotopic (exact) mass is 703 g/mol. The highest BCUT2D eigenvalue weighted by Crippen LogP contribution is 2.54. The Balaban J connectivity index is 1.28. The number of nitrogens with one attached hydrogen (secondary N) is 2. The SMILES string of the molecule is CN(C)c1cc(NC(=O)CCNC(=O)c2ccc3c(c2)COB3O)c(O)c2c1C[C@H]1C[C@H]3[C@H](N(C)C)C(=O)C(C(N)=O)=C(O)[C@@]3(O)C(=O)C1=C2O. The Hall–Kier alpha value is -5.23. The second kappa shape index (κ2) is 12.8. The summed E-state index contributed by atoms with van der Waals surface area (Å²) in [5.41, 5.74) is 3.59. The van der Waals surface area contributed by atoms with Crippen LogP contribution in [0.5, 0.6) is 5.75 Å². The van der Waals surface area contributed by atoms with Gasteiger partial charge in [0.15, 0.2) is 11.4 Å². The number of nitrogens with two attached hydrogens (primary N) is 1. The number of carbonyl (C=O) groups is 5. The minimum absolute atomic E-state index is 0.0647. The summed E-state index contributed by atoms with van der Waals surface area (Å²) in [6.45, 7) is 0.0917. The summed E-state index contributed by atoms with van der Waals surface area (Å²) < 4.78 is 5.15. The topological polar surface area (TPSA) is 252 Å². The number of phenolic OH excluding ortho intramolecular Hbond substituents is 1. The molecule has 0 unspecified atom stereocenters. The van der Waals surface area contributed by atoms with Crippen molar-refractivity contribution in [1.29, 1.82) is 0 Å². The smallest absolute Gasteiger partial charge is 0.491 e. The summed E-state index contributed by atoms with van der Waals surface area (Å²) >= 11 is 0. The normalized spacial score (nSPS) is 23.8. The molecule has 1 fully saturated rings. The molecule has 2 aromatic rings. The average Bonchev–Trinajstić information content (AvgIpc) is 3.43. The van der Waals surface area contributed by atoms with E-state index in [2.05, 4.69) is 10.6 Å². The highest BCUT2D eigenvalue weighted by Gasteiger charge is 2.64. The van der Waals surface area contributed by atoms with E-state index >= 15 is 0 Å². The lowest BCUT2D eigenvalue weighted by Gasteiger charge is -2.50. The van der Waals surface area contributed by atoms with E-state index in [1.54, 1.807) is 31.1 Å². The van der Waals surface area contributed by atoms with E-state index in [0.29, 0.717) is 27.8 Å². The zero-order valence-corrected chi connectivity index (χ0v) is 28.3. The molecule has 4 atom stereocenters. The molecule has 268 valence electrons. The van der Waals surface area contributed by atoms with Crippen LogP contribution < -0.4 is 26.7 Å². The molecule has 51 heavy (non-hydrogen) atoms. The third kappa shape index (κ3) is 5.62. The first-order chi connectivity index (χ1) is 24.0. The van der Waals surface area contributed by atoms with E-state index in [4.69, 9.17) is 10.4 Å². The molecule has 0 aromatic heterocycles. The van der Waals surface area contributed by atoms with Crippen molar-refractivity contribution in [2.45, 2.75) is 37.5 Å². The van der Waals surface area contributed by atoms with Gasteiger partial charge in [0.2, 0.25) is 11.7 Å². The fourth-order valence-corrected chi connectivity index (χ4v) is 7.76. The summed E-state index contributed by atoms with van der Waals surface area (Å²) in [5.74, 6) is -8.78. The second-order valence-corrected chi connectivity index (χ2v) is 13.6. The molecule has 3 aliphatic carbocycles. The van der Waals surface area contributed by atoms with Gasteiger partial charge in [0.1, 0.15) is 22.8 Å². The summed E-state index contributed by atoms with van der Waals surface area (Å²) in [7, 11) is 5.41. The number of primary amides is 1. The molecule has 0 bridgehead atoms. The first-order valence-corrected chi connectivity index (χ1v) is 16.2. The number of phenols is 1. The van der Waals surface area contributed by atoms with E-state index in [9.17, 15) is 49.4 Å². The fraction of sp³-hybridized carbons (Fsp3) is 0.382. The standard InChI is InChI=1S/C34H38BN5O11/c1-39(2)21-12-20(38-22(41)7-8-37-33(48)14-5-6-19-16(9-14)13-51-35(19)50)27(42)24-17(21)10-15-11-18-26(40(3)4)29(44)25(32(36)47)31(46)34(18,49)30(45)23(15)28(24)43/h5-6,9,12,15,18,26,42-43,46,49-50H,7-8,10-11,13H2,1-4H3,(H2,36,47)(H,37,48)(H,38,41)/t15-,18-,26-,34-/m0/s1. The number of benzene rings is 2. The van der Waals surface area contributed by atoms with Crippen molar-refractivity contribution in [2.24, 2.45) is 17.6 Å². The van der Waals surface area contributed by atoms with E-state index in [-0.39, 0.29) is 49.2 Å². The molecule has 16 nitrogen and oxygen atoms in total. The Kier molecular flexibility index (Phi) is 8.96. The molecule has 1 aliphatic heterocycles. The molecule has 2 aromatic carbocycles. The number of aliphatic hydroxyl groups is 3. The lowest BCUT2D eigenvalue weighted by Crippen LogP contribution is -2.65. The number of hydrogen-bond donors (Lipinski definition) is 8. The molecule has 9 N–H and O–H groups in total. The van der Waals surface area contributed by atoms with Crippen LogP contribution >= 0.6 is 0 Å². The van der Waals surface area contributed by atoms with Gasteiger partial charge in [-0.1, -0.05) is 6.07 Å². The molecule has 17 heteroatoms. The minimum Gasteiger partial charge on any atom is -0.508 e. The Bertz CT molecular complexity index is 1980. The van der Waals surface area contributed by atoms with Gasteiger partial charge in [-0.2, -0.15) is 0 Å². The van der Waals surface area contributed by atoms with Gasteiger partial charge in [-0.25, -0.2) is 0 Å². The van der Waals surface area contributed by atoms with Crippen LogP contribution in [0.2, 0.25) is 0 Å². The lowest BCUT2D eigenvalue weighted by atomic mass is 9.57. The van der Waals surface area contributed by atoms with Gasteiger partial charge in [-0.05, 0) is 67.6 Å². The van der Waals surface area contributed by atoms with Crippen LogP contribution in [0, 0.1) is 11.8 Å². The van der Waals surface area contributed by atoms with Crippen molar-refractivity contribution >= 4 is 59.0 Å². The Labute approximate surface area is 292 Å². The number of nitrogens with zero attached hydrogens (tertiary/aromatic N) is 2. The molecule has 0 saturated heterocycles. The zero-order valence-electron chi connectivity index (χ0n) is 28.3. The number of fused-ring (bicyclic) bond motifs is 4. The fourth-order valence-electron chi connectivity index (χ4n) is 7.76. The minimum atomic E-state index is -2.78. The van der Waals surface area contributed by atoms with Gasteiger partial charge in [0, 0.05) is 49.8 Å². The maximum absolute atomic E-state index is 14.2. The van der Waals surface area contributed by atoms with E-state index < -0.39 is 82.7 Å². The summed E-state index contributed by atoms with van der Waals surface area (Å²) in [6, 6.07) is 5.02. The maximum atomic E-state index is 14.2.